The Hall–Kier alpha value is -2.63. The van der Waals surface area contributed by atoms with Crippen molar-refractivity contribution >= 4 is 28.5 Å². The predicted octanol–water partition coefficient (Wildman–Crippen LogP) is 2.06. The number of para-hydroxylation sites is 1. The largest absolute Gasteiger partial charge is 0.467 e. The van der Waals surface area contributed by atoms with E-state index in [1.807, 2.05) is 32.0 Å². The van der Waals surface area contributed by atoms with Crippen LogP contribution in [0.2, 0.25) is 0 Å². The van der Waals surface area contributed by atoms with Crippen LogP contribution >= 0.6 is 0 Å². The summed E-state index contributed by atoms with van der Waals surface area (Å²) < 4.78 is 4.75. The van der Waals surface area contributed by atoms with Gasteiger partial charge in [-0.05, 0) is 24.5 Å². The van der Waals surface area contributed by atoms with Gasteiger partial charge in [0.15, 0.2) is 0 Å². The van der Waals surface area contributed by atoms with Crippen molar-refractivity contribution in [3.63, 3.8) is 0 Å². The number of benzene rings is 1. The lowest BCUT2D eigenvalue weighted by atomic mass is 10.0. The number of carbonyl (C=O) groups is 2. The summed E-state index contributed by atoms with van der Waals surface area (Å²) in [4.78, 5) is 28.5. The molecule has 0 bridgehead atoms. The zero-order valence-electron chi connectivity index (χ0n) is 14.2. The van der Waals surface area contributed by atoms with E-state index in [2.05, 4.69) is 10.3 Å². The average molecular weight is 329 g/mol. The van der Waals surface area contributed by atoms with E-state index < -0.39 is 12.0 Å². The smallest absolute Gasteiger partial charge is 0.328 e. The molecule has 0 aliphatic carbocycles. The minimum absolute atomic E-state index is 0.0792. The zero-order valence-corrected chi connectivity index (χ0v) is 14.2. The summed E-state index contributed by atoms with van der Waals surface area (Å²) in [5.41, 5.74) is 7.77. The number of rotatable bonds is 6. The summed E-state index contributed by atoms with van der Waals surface area (Å²) in [5, 5.41) is 3.65. The van der Waals surface area contributed by atoms with Crippen molar-refractivity contribution < 1.29 is 14.3 Å². The number of ether oxygens (including phenoxy) is 1. The van der Waals surface area contributed by atoms with Crippen LogP contribution in [0.3, 0.4) is 0 Å². The second kappa shape index (κ2) is 7.77. The number of nitrogen functional groups attached to an aromatic ring is 1. The molecule has 0 fully saturated rings. The van der Waals surface area contributed by atoms with Crippen LogP contribution in [0.25, 0.3) is 10.9 Å². The van der Waals surface area contributed by atoms with Crippen molar-refractivity contribution in [1.29, 1.82) is 0 Å². The number of carbonyl (C=O) groups excluding carboxylic acids is 2. The summed E-state index contributed by atoms with van der Waals surface area (Å²) in [6.07, 6.45) is 0.604. The fourth-order valence-electron chi connectivity index (χ4n) is 2.55. The van der Waals surface area contributed by atoms with Crippen molar-refractivity contribution in [1.82, 2.24) is 10.3 Å². The molecule has 0 aliphatic heterocycles. The highest BCUT2D eigenvalue weighted by Crippen LogP contribution is 2.19. The molecule has 1 aromatic heterocycles. The number of pyridine rings is 1. The van der Waals surface area contributed by atoms with E-state index in [0.717, 1.165) is 5.39 Å². The standard InChI is InChI=1S/C18H23N3O3/c1-11(2)9-15(18(23)24-3)21-16(22)10-13-8-7-12-5-4-6-14(19)17(12)20-13/h4-8,11,15H,9-10,19H2,1-3H3,(H,21,22). The van der Waals surface area contributed by atoms with Gasteiger partial charge in [-0.25, -0.2) is 4.79 Å². The molecule has 1 heterocycles. The van der Waals surface area contributed by atoms with Gasteiger partial charge in [0.05, 0.1) is 30.4 Å². The molecule has 1 atom stereocenters. The molecule has 1 unspecified atom stereocenters. The topological polar surface area (TPSA) is 94.3 Å². The molecule has 0 radical (unpaired) electrons. The van der Waals surface area contributed by atoms with Gasteiger partial charge in [-0.15, -0.1) is 0 Å². The number of nitrogens with zero attached hydrogens (tertiary/aromatic N) is 1. The van der Waals surface area contributed by atoms with Gasteiger partial charge in [0.25, 0.3) is 0 Å². The van der Waals surface area contributed by atoms with Gasteiger partial charge in [-0.3, -0.25) is 9.78 Å². The number of hydrogen-bond donors (Lipinski definition) is 2. The van der Waals surface area contributed by atoms with Crippen LogP contribution in [0.15, 0.2) is 30.3 Å². The summed E-state index contributed by atoms with van der Waals surface area (Å²) in [5.74, 6) is -0.451. The first kappa shape index (κ1) is 17.7. The predicted molar refractivity (Wildman–Crippen MR) is 93.3 cm³/mol. The molecule has 6 nitrogen and oxygen atoms in total. The Bertz CT molecular complexity index is 743. The number of anilines is 1. The van der Waals surface area contributed by atoms with Crippen molar-refractivity contribution in [2.45, 2.75) is 32.7 Å². The summed E-state index contributed by atoms with van der Waals surface area (Å²) in [7, 11) is 1.31. The maximum absolute atomic E-state index is 12.3. The number of aromatic nitrogens is 1. The van der Waals surface area contributed by atoms with E-state index in [1.54, 1.807) is 12.1 Å². The average Bonchev–Trinajstić information content (AvgIpc) is 2.53. The van der Waals surface area contributed by atoms with Gasteiger partial charge in [0, 0.05) is 5.39 Å². The number of nitrogens with one attached hydrogen (secondary N) is 1. The Morgan fingerprint density at radius 1 is 1.25 bits per heavy atom. The summed E-state index contributed by atoms with van der Waals surface area (Å²) in [6, 6.07) is 8.57. The van der Waals surface area contributed by atoms with Crippen LogP contribution in [-0.4, -0.2) is 30.0 Å². The molecule has 2 rings (SSSR count). The second-order valence-electron chi connectivity index (χ2n) is 6.17. The third-order valence-electron chi connectivity index (χ3n) is 3.68. The van der Waals surface area contributed by atoms with Crippen molar-refractivity contribution in [3.05, 3.63) is 36.0 Å². The molecule has 128 valence electrons. The minimum atomic E-state index is -0.645. The van der Waals surface area contributed by atoms with Gasteiger partial charge in [-0.2, -0.15) is 0 Å². The first-order valence-corrected chi connectivity index (χ1v) is 7.92. The zero-order chi connectivity index (χ0) is 17.7. The molecule has 2 aromatic rings. The van der Waals surface area contributed by atoms with Crippen LogP contribution < -0.4 is 11.1 Å². The number of fused-ring (bicyclic) bond motifs is 1. The third kappa shape index (κ3) is 4.44. The molecular weight excluding hydrogens is 306 g/mol. The highest BCUT2D eigenvalue weighted by Gasteiger charge is 2.22. The normalized spacial score (nSPS) is 12.2. The van der Waals surface area contributed by atoms with Gasteiger partial charge in [0.2, 0.25) is 5.91 Å². The van der Waals surface area contributed by atoms with Crippen molar-refractivity contribution in [2.75, 3.05) is 12.8 Å². The van der Waals surface area contributed by atoms with Crippen molar-refractivity contribution in [3.8, 4) is 0 Å². The molecule has 0 aliphatic rings. The monoisotopic (exact) mass is 329 g/mol. The van der Waals surface area contributed by atoms with Gasteiger partial charge >= 0.3 is 5.97 Å². The van der Waals surface area contributed by atoms with E-state index in [4.69, 9.17) is 10.5 Å². The Balaban J connectivity index is 2.10. The minimum Gasteiger partial charge on any atom is -0.467 e. The van der Waals surface area contributed by atoms with Crippen molar-refractivity contribution in [2.24, 2.45) is 5.92 Å². The van der Waals surface area contributed by atoms with E-state index in [0.29, 0.717) is 23.3 Å². The van der Waals surface area contributed by atoms with Crippen LogP contribution in [0, 0.1) is 5.92 Å². The number of amides is 1. The molecule has 0 saturated heterocycles. The molecule has 0 saturated carbocycles. The summed E-state index contributed by atoms with van der Waals surface area (Å²) in [6.45, 7) is 3.96. The maximum Gasteiger partial charge on any atom is 0.328 e. The molecule has 3 N–H and O–H groups in total. The molecular formula is C18H23N3O3. The third-order valence-corrected chi connectivity index (χ3v) is 3.68. The lowest BCUT2D eigenvalue weighted by Crippen LogP contribution is -2.43. The van der Waals surface area contributed by atoms with E-state index in [1.165, 1.54) is 7.11 Å². The van der Waals surface area contributed by atoms with Crippen LogP contribution in [0.5, 0.6) is 0 Å². The maximum atomic E-state index is 12.3. The fourth-order valence-corrected chi connectivity index (χ4v) is 2.55. The Morgan fingerprint density at radius 3 is 2.67 bits per heavy atom. The number of nitrogens with two attached hydrogens (primary N) is 1. The van der Waals surface area contributed by atoms with Gasteiger partial charge in [0.1, 0.15) is 6.04 Å². The van der Waals surface area contributed by atoms with Crippen LogP contribution in [0.4, 0.5) is 5.69 Å². The highest BCUT2D eigenvalue weighted by molar-refractivity contribution is 5.90. The van der Waals surface area contributed by atoms with E-state index in [9.17, 15) is 9.59 Å². The first-order chi connectivity index (χ1) is 11.4. The highest BCUT2D eigenvalue weighted by atomic mass is 16.5. The van der Waals surface area contributed by atoms with E-state index >= 15 is 0 Å². The van der Waals surface area contributed by atoms with E-state index in [-0.39, 0.29) is 18.2 Å². The lowest BCUT2D eigenvalue weighted by molar-refractivity contribution is -0.145. The quantitative estimate of drug-likeness (QED) is 0.625. The number of hydrogen-bond acceptors (Lipinski definition) is 5. The molecule has 1 aromatic carbocycles. The first-order valence-electron chi connectivity index (χ1n) is 7.92. The molecule has 1 amide bonds. The Kier molecular flexibility index (Phi) is 5.73. The van der Waals surface area contributed by atoms with Gasteiger partial charge < -0.3 is 15.8 Å². The van der Waals surface area contributed by atoms with Crippen LogP contribution in [-0.2, 0) is 20.7 Å². The number of methoxy groups -OCH3 is 1. The lowest BCUT2D eigenvalue weighted by Gasteiger charge is -2.18. The summed E-state index contributed by atoms with van der Waals surface area (Å²) >= 11 is 0. The molecule has 0 spiro atoms. The molecule has 6 heteroatoms. The van der Waals surface area contributed by atoms with Crippen LogP contribution in [0.1, 0.15) is 26.0 Å². The Morgan fingerprint density at radius 2 is 2.00 bits per heavy atom. The van der Waals surface area contributed by atoms with Gasteiger partial charge in [-0.1, -0.05) is 32.0 Å². The second-order valence-corrected chi connectivity index (χ2v) is 6.17. The Labute approximate surface area is 141 Å². The SMILES string of the molecule is COC(=O)C(CC(C)C)NC(=O)Cc1ccc2cccc(N)c2n1. The fraction of sp³-hybridized carbons (Fsp3) is 0.389. The molecule has 24 heavy (non-hydrogen) atoms. The number of esters is 1.